The molecular weight excluding hydrogens is 352 g/mol. The summed E-state index contributed by atoms with van der Waals surface area (Å²) < 4.78 is 6.89. The molecule has 0 radical (unpaired) electrons. The van der Waals surface area contributed by atoms with Crippen molar-refractivity contribution in [3.63, 3.8) is 0 Å². The molecule has 7 heteroatoms. The van der Waals surface area contributed by atoms with Gasteiger partial charge in [-0.1, -0.05) is 0 Å². The molecule has 0 atom stereocenters. The number of hydrogen-bond acceptors (Lipinski definition) is 6. The van der Waals surface area contributed by atoms with Crippen molar-refractivity contribution >= 4 is 11.5 Å². The van der Waals surface area contributed by atoms with Crippen LogP contribution in [0.4, 0.5) is 5.82 Å². The summed E-state index contributed by atoms with van der Waals surface area (Å²) in [5, 5.41) is 17.6. The minimum Gasteiger partial charge on any atom is -0.497 e. The zero-order valence-corrected chi connectivity index (χ0v) is 15.3. The van der Waals surface area contributed by atoms with Crippen LogP contribution >= 0.6 is 0 Å². The highest BCUT2D eigenvalue weighted by atomic mass is 16.5. The molecule has 0 unspecified atom stereocenters. The third kappa shape index (κ3) is 3.35. The van der Waals surface area contributed by atoms with E-state index in [1.54, 1.807) is 30.2 Å². The van der Waals surface area contributed by atoms with Crippen molar-refractivity contribution in [2.24, 2.45) is 0 Å². The molecule has 0 fully saturated rings. The Morgan fingerprint density at radius 1 is 1.07 bits per heavy atom. The largest absolute Gasteiger partial charge is 0.497 e. The quantitative estimate of drug-likeness (QED) is 0.560. The molecule has 0 aliphatic carbocycles. The SMILES string of the molecule is COc1ccc(-c2nc3ccnn3c(NCCc3ccncc3)c2C#N)cc1. The van der Waals surface area contributed by atoms with E-state index in [1.807, 2.05) is 42.5 Å². The average molecular weight is 370 g/mol. The zero-order chi connectivity index (χ0) is 19.3. The maximum Gasteiger partial charge on any atom is 0.158 e. The number of aromatic nitrogens is 4. The first-order valence-electron chi connectivity index (χ1n) is 8.85. The van der Waals surface area contributed by atoms with Crippen LogP contribution in [0.5, 0.6) is 5.75 Å². The van der Waals surface area contributed by atoms with E-state index in [4.69, 9.17) is 4.74 Å². The molecule has 0 aliphatic rings. The Morgan fingerprint density at radius 3 is 2.57 bits per heavy atom. The summed E-state index contributed by atoms with van der Waals surface area (Å²) in [7, 11) is 1.62. The van der Waals surface area contributed by atoms with Gasteiger partial charge in [-0.15, -0.1) is 0 Å². The number of pyridine rings is 1. The van der Waals surface area contributed by atoms with Crippen molar-refractivity contribution in [3.05, 3.63) is 72.2 Å². The molecular formula is C21H18N6O. The number of anilines is 1. The number of nitriles is 1. The smallest absolute Gasteiger partial charge is 0.158 e. The third-order valence-corrected chi connectivity index (χ3v) is 4.47. The molecule has 1 N–H and O–H groups in total. The van der Waals surface area contributed by atoms with Gasteiger partial charge in [-0.25, -0.2) is 4.98 Å². The predicted molar refractivity (Wildman–Crippen MR) is 106 cm³/mol. The lowest BCUT2D eigenvalue weighted by Gasteiger charge is -2.13. The molecule has 1 aromatic carbocycles. The van der Waals surface area contributed by atoms with Crippen molar-refractivity contribution in [2.45, 2.75) is 6.42 Å². The number of fused-ring (bicyclic) bond motifs is 1. The molecule has 3 aromatic heterocycles. The van der Waals surface area contributed by atoms with Crippen molar-refractivity contribution in [1.82, 2.24) is 19.6 Å². The highest BCUT2D eigenvalue weighted by molar-refractivity contribution is 5.76. The fourth-order valence-corrected chi connectivity index (χ4v) is 3.04. The van der Waals surface area contributed by atoms with Crippen molar-refractivity contribution in [1.29, 1.82) is 5.26 Å². The lowest BCUT2D eigenvalue weighted by molar-refractivity contribution is 0.415. The molecule has 0 bridgehead atoms. The summed E-state index contributed by atoms with van der Waals surface area (Å²) in [5.41, 5.74) is 3.76. The van der Waals surface area contributed by atoms with Crippen LogP contribution in [0.25, 0.3) is 16.9 Å². The van der Waals surface area contributed by atoms with Crippen molar-refractivity contribution in [2.75, 3.05) is 19.0 Å². The summed E-state index contributed by atoms with van der Waals surface area (Å²) in [6.45, 7) is 0.652. The molecule has 0 saturated carbocycles. The van der Waals surface area contributed by atoms with E-state index in [-0.39, 0.29) is 0 Å². The number of hydrogen-bond donors (Lipinski definition) is 1. The Balaban J connectivity index is 1.72. The van der Waals surface area contributed by atoms with E-state index in [9.17, 15) is 5.26 Å². The minimum absolute atomic E-state index is 0.455. The first kappa shape index (κ1) is 17.5. The minimum atomic E-state index is 0.455. The van der Waals surface area contributed by atoms with Crippen LogP contribution in [0.1, 0.15) is 11.1 Å². The van der Waals surface area contributed by atoms with Gasteiger partial charge in [0.15, 0.2) is 5.65 Å². The second-order valence-electron chi connectivity index (χ2n) is 6.16. The Bertz CT molecular complexity index is 1130. The van der Waals surface area contributed by atoms with Gasteiger partial charge >= 0.3 is 0 Å². The van der Waals surface area contributed by atoms with Gasteiger partial charge in [0.05, 0.1) is 19.0 Å². The summed E-state index contributed by atoms with van der Waals surface area (Å²) in [6, 6.07) is 15.6. The van der Waals surface area contributed by atoms with E-state index < -0.39 is 0 Å². The zero-order valence-electron chi connectivity index (χ0n) is 15.3. The topological polar surface area (TPSA) is 88.1 Å². The number of methoxy groups -OCH3 is 1. The summed E-state index contributed by atoms with van der Waals surface area (Å²) in [4.78, 5) is 8.68. The predicted octanol–water partition coefficient (Wildman–Crippen LogP) is 3.33. The van der Waals surface area contributed by atoms with Crippen LogP contribution < -0.4 is 10.1 Å². The Morgan fingerprint density at radius 2 is 1.86 bits per heavy atom. The number of ether oxygens (including phenoxy) is 1. The van der Waals surface area contributed by atoms with Gasteiger partial charge in [-0.3, -0.25) is 4.98 Å². The average Bonchev–Trinajstić information content (AvgIpc) is 3.23. The highest BCUT2D eigenvalue weighted by Crippen LogP contribution is 2.29. The molecule has 28 heavy (non-hydrogen) atoms. The summed E-state index contributed by atoms with van der Waals surface area (Å²) >= 11 is 0. The molecule has 0 spiro atoms. The van der Waals surface area contributed by atoms with Crippen molar-refractivity contribution in [3.8, 4) is 23.1 Å². The Hall–Kier alpha value is -3.92. The number of rotatable bonds is 6. The van der Waals surface area contributed by atoms with Gasteiger partial charge in [0.1, 0.15) is 23.2 Å². The first-order valence-corrected chi connectivity index (χ1v) is 8.85. The molecule has 4 aromatic rings. The Labute approximate surface area is 162 Å². The van der Waals surface area contributed by atoms with Crippen LogP contribution in [-0.4, -0.2) is 33.2 Å². The number of nitrogens with zero attached hydrogens (tertiary/aromatic N) is 5. The fraction of sp³-hybridized carbons (Fsp3) is 0.143. The summed E-state index contributed by atoms with van der Waals surface area (Å²) in [6.07, 6.45) is 6.03. The van der Waals surface area contributed by atoms with Gasteiger partial charge in [-0.2, -0.15) is 14.9 Å². The highest BCUT2D eigenvalue weighted by Gasteiger charge is 2.17. The Kier molecular flexibility index (Phi) is 4.85. The van der Waals surface area contributed by atoms with Crippen LogP contribution in [-0.2, 0) is 6.42 Å². The molecule has 0 aliphatic heterocycles. The van der Waals surface area contributed by atoms with Crippen molar-refractivity contribution < 1.29 is 4.74 Å². The van der Waals surface area contributed by atoms with E-state index in [0.717, 1.165) is 17.7 Å². The van der Waals surface area contributed by atoms with E-state index in [1.165, 1.54) is 5.56 Å². The van der Waals surface area contributed by atoms with Crippen LogP contribution in [0.3, 0.4) is 0 Å². The standard InChI is InChI=1S/C21H18N6O/c1-28-17-4-2-16(3-5-17)20-18(14-22)21(27-19(26-20)9-13-25-27)24-12-8-15-6-10-23-11-7-15/h2-7,9-11,13,24H,8,12H2,1H3. The fourth-order valence-electron chi connectivity index (χ4n) is 3.04. The van der Waals surface area contributed by atoms with Gasteiger partial charge in [-0.05, 0) is 48.4 Å². The lowest BCUT2D eigenvalue weighted by atomic mass is 10.1. The first-order chi connectivity index (χ1) is 13.8. The molecule has 3 heterocycles. The van der Waals surface area contributed by atoms with Gasteiger partial charge in [0.25, 0.3) is 0 Å². The van der Waals surface area contributed by atoms with E-state index in [0.29, 0.717) is 29.3 Å². The monoisotopic (exact) mass is 370 g/mol. The van der Waals surface area contributed by atoms with Gasteiger partial charge < -0.3 is 10.1 Å². The second kappa shape index (κ2) is 7.76. The molecule has 7 nitrogen and oxygen atoms in total. The molecule has 4 rings (SSSR count). The second-order valence-corrected chi connectivity index (χ2v) is 6.16. The third-order valence-electron chi connectivity index (χ3n) is 4.47. The molecule has 0 amide bonds. The molecule has 0 saturated heterocycles. The van der Waals surface area contributed by atoms with Crippen LogP contribution in [0.2, 0.25) is 0 Å². The number of nitrogens with one attached hydrogen (secondary N) is 1. The normalized spacial score (nSPS) is 10.6. The number of benzene rings is 1. The molecule has 138 valence electrons. The van der Waals surface area contributed by atoms with Gasteiger partial charge in [0.2, 0.25) is 0 Å². The van der Waals surface area contributed by atoms with Gasteiger partial charge in [0, 0.05) is 30.6 Å². The maximum absolute atomic E-state index is 9.87. The van der Waals surface area contributed by atoms with Crippen LogP contribution in [0.15, 0.2) is 61.1 Å². The van der Waals surface area contributed by atoms with E-state index >= 15 is 0 Å². The lowest BCUT2D eigenvalue weighted by Crippen LogP contribution is -2.12. The van der Waals surface area contributed by atoms with E-state index in [2.05, 4.69) is 26.5 Å². The summed E-state index contributed by atoms with van der Waals surface area (Å²) in [5.74, 6) is 1.39. The van der Waals surface area contributed by atoms with Crippen LogP contribution in [0, 0.1) is 11.3 Å². The maximum atomic E-state index is 9.87.